The van der Waals surface area contributed by atoms with E-state index in [1.54, 1.807) is 0 Å². The Labute approximate surface area is 267 Å². The number of aliphatic hydroxyl groups excluding tert-OH is 2. The lowest BCUT2D eigenvalue weighted by atomic mass is 9.74. The first-order valence-corrected chi connectivity index (χ1v) is 18.6. The summed E-state index contributed by atoms with van der Waals surface area (Å²) in [6.45, 7) is 11.5. The van der Waals surface area contributed by atoms with Crippen LogP contribution in [0.4, 0.5) is 0 Å². The Hall–Kier alpha value is -1.71. The maximum absolute atomic E-state index is 13.8. The molecule has 254 valence electrons. The number of hydrogen-bond acceptors (Lipinski definition) is 7. The van der Waals surface area contributed by atoms with Gasteiger partial charge in [0.2, 0.25) is 21.8 Å². The first-order chi connectivity index (χ1) is 20.8. The third kappa shape index (κ3) is 13.0. The Balaban J connectivity index is 2.23. The molecule has 0 aromatic carbocycles. The second-order valence-corrected chi connectivity index (χ2v) is 15.3. The molecule has 2 rings (SSSR count). The summed E-state index contributed by atoms with van der Waals surface area (Å²) in [5.74, 6) is 1.82. The topological polar surface area (TPSA) is 139 Å². The van der Waals surface area contributed by atoms with Gasteiger partial charge in [-0.05, 0) is 82.5 Å². The maximum Gasteiger partial charge on any atom is 0.225 e. The number of hydrazine groups is 1. The molecule has 0 aromatic rings. The van der Waals surface area contributed by atoms with Crippen molar-refractivity contribution in [1.29, 1.82) is 0 Å². The lowest BCUT2D eigenvalue weighted by Crippen LogP contribution is -2.54. The van der Waals surface area contributed by atoms with Gasteiger partial charge in [0, 0.05) is 43.9 Å². The first kappa shape index (κ1) is 38.5. The first-order valence-electron chi connectivity index (χ1n) is 17.0. The molecule has 2 aliphatic rings. The average Bonchev–Trinajstić information content (AvgIpc) is 2.96. The fourth-order valence-electron chi connectivity index (χ4n) is 6.82. The molecule has 0 radical (unpaired) electrons. The van der Waals surface area contributed by atoms with E-state index in [9.17, 15) is 28.2 Å². The quantitative estimate of drug-likeness (QED) is 0.133. The van der Waals surface area contributed by atoms with Gasteiger partial charge in [-0.3, -0.25) is 9.59 Å². The number of nitrogens with one attached hydrogen (secondary N) is 2. The number of amides is 2. The molecule has 0 aliphatic heterocycles. The zero-order chi connectivity index (χ0) is 32.9. The predicted octanol–water partition coefficient (Wildman–Crippen LogP) is 3.29. The third-order valence-corrected chi connectivity index (χ3v) is 10.5. The largest absolute Gasteiger partial charge is 0.393 e. The van der Waals surface area contributed by atoms with Crippen LogP contribution in [0.15, 0.2) is 0 Å². The lowest BCUT2D eigenvalue weighted by Gasteiger charge is -2.37. The van der Waals surface area contributed by atoms with Crippen LogP contribution >= 0.6 is 0 Å². The smallest absolute Gasteiger partial charge is 0.225 e. The molecular formula is C33H60N4O6S. The number of carbonyl (C=O) groups excluding carboxylic acids is 2. The molecule has 11 heteroatoms. The number of carbonyl (C=O) groups is 2. The highest BCUT2D eigenvalue weighted by Crippen LogP contribution is 2.35. The van der Waals surface area contributed by atoms with E-state index in [0.717, 1.165) is 25.7 Å². The van der Waals surface area contributed by atoms with Crippen molar-refractivity contribution < 1.29 is 28.2 Å². The highest BCUT2D eigenvalue weighted by molar-refractivity contribution is 7.89. The zero-order valence-corrected chi connectivity index (χ0v) is 28.7. The molecule has 44 heavy (non-hydrogen) atoms. The van der Waals surface area contributed by atoms with E-state index >= 15 is 0 Å². The Bertz CT molecular complexity index is 1020. The highest BCUT2D eigenvalue weighted by Gasteiger charge is 2.39. The molecule has 5 atom stereocenters. The van der Waals surface area contributed by atoms with Crippen LogP contribution in [0.25, 0.3) is 0 Å². The maximum atomic E-state index is 13.8. The normalized spacial score (nSPS) is 25.8. The fraction of sp³-hybridized carbons (Fsp3) is 0.879. The van der Waals surface area contributed by atoms with Gasteiger partial charge < -0.3 is 20.4 Å². The molecule has 0 spiro atoms. The zero-order valence-electron chi connectivity index (χ0n) is 27.8. The van der Waals surface area contributed by atoms with Crippen LogP contribution in [0.5, 0.6) is 0 Å². The van der Waals surface area contributed by atoms with Gasteiger partial charge in [-0.25, -0.2) is 13.4 Å². The van der Waals surface area contributed by atoms with Gasteiger partial charge in [0.05, 0.1) is 24.0 Å². The van der Waals surface area contributed by atoms with Crippen LogP contribution in [-0.4, -0.2) is 90.5 Å². The Morgan fingerprint density at radius 1 is 0.955 bits per heavy atom. The van der Waals surface area contributed by atoms with Crippen molar-refractivity contribution in [3.05, 3.63) is 0 Å². The van der Waals surface area contributed by atoms with Crippen molar-refractivity contribution in [3.8, 4) is 12.3 Å². The molecule has 5 unspecified atom stereocenters. The molecule has 2 amide bonds. The summed E-state index contributed by atoms with van der Waals surface area (Å²) < 4.78 is 25.4. The Morgan fingerprint density at radius 3 is 2.09 bits per heavy atom. The van der Waals surface area contributed by atoms with Crippen LogP contribution in [0.1, 0.15) is 105 Å². The van der Waals surface area contributed by atoms with E-state index in [-0.39, 0.29) is 53.9 Å². The van der Waals surface area contributed by atoms with E-state index < -0.39 is 28.1 Å². The van der Waals surface area contributed by atoms with Gasteiger partial charge in [-0.2, -0.15) is 0 Å². The number of nitrogens with zero attached hydrogens (tertiary/aromatic N) is 2. The van der Waals surface area contributed by atoms with Gasteiger partial charge in [0.1, 0.15) is 0 Å². The summed E-state index contributed by atoms with van der Waals surface area (Å²) >= 11 is 0. The molecular weight excluding hydrogens is 580 g/mol. The van der Waals surface area contributed by atoms with Crippen molar-refractivity contribution in [1.82, 2.24) is 20.1 Å². The molecule has 10 nitrogen and oxygen atoms in total. The Morgan fingerprint density at radius 2 is 1.55 bits per heavy atom. The van der Waals surface area contributed by atoms with E-state index in [0.29, 0.717) is 64.6 Å². The molecule has 0 bridgehead atoms. The van der Waals surface area contributed by atoms with Crippen molar-refractivity contribution >= 4 is 21.8 Å². The van der Waals surface area contributed by atoms with Crippen molar-refractivity contribution in [3.63, 3.8) is 0 Å². The van der Waals surface area contributed by atoms with Gasteiger partial charge in [-0.15, -0.1) is 17.2 Å². The van der Waals surface area contributed by atoms with Crippen LogP contribution in [0.3, 0.4) is 0 Å². The molecule has 4 N–H and O–H groups in total. The highest BCUT2D eigenvalue weighted by atomic mass is 32.2. The summed E-state index contributed by atoms with van der Waals surface area (Å²) in [6.07, 6.45) is 11.8. The molecule has 0 aromatic heterocycles. The SMILES string of the molecule is C#CC1CC(C(=O)NC(CC2CCC(O)CC2)C(O)CN(CCC)NS(=O)(=O)CC(C)C)CC(C(=O)N(CCC)CCC)C1. The number of hydrogen-bond donors (Lipinski definition) is 4. The molecule has 0 heterocycles. The number of aliphatic hydroxyl groups is 2. The standard InChI is InChI=1S/C33H60N4O6S/c1-7-15-36(16-8-2)33(41)28-19-25(10-4)18-27(21-28)32(40)34-30(20-26-11-13-29(38)14-12-26)31(39)22-37(17-9-3)35-44(42,43)23-24(5)6/h4,24-31,35,38-39H,7-9,11-23H2,1-3,5-6H3,(H,34,40). The average molecular weight is 641 g/mol. The second kappa shape index (κ2) is 19.1. The second-order valence-electron chi connectivity index (χ2n) is 13.6. The van der Waals surface area contributed by atoms with E-state index in [2.05, 4.69) is 16.1 Å². The Kier molecular flexibility index (Phi) is 16.7. The summed E-state index contributed by atoms with van der Waals surface area (Å²) in [6, 6.07) is -0.617. The lowest BCUT2D eigenvalue weighted by molar-refractivity contribution is -0.139. The number of rotatable bonds is 18. The number of terminal acetylenes is 1. The van der Waals surface area contributed by atoms with Crippen LogP contribution in [0.2, 0.25) is 0 Å². The van der Waals surface area contributed by atoms with Crippen LogP contribution in [0, 0.1) is 41.9 Å². The number of sulfonamides is 1. The van der Waals surface area contributed by atoms with Crippen molar-refractivity contribution in [2.24, 2.45) is 29.6 Å². The van der Waals surface area contributed by atoms with Gasteiger partial charge in [0.15, 0.2) is 0 Å². The summed E-state index contributed by atoms with van der Waals surface area (Å²) in [5, 5.41) is 26.2. The van der Waals surface area contributed by atoms with Crippen LogP contribution < -0.4 is 10.1 Å². The molecule has 0 saturated heterocycles. The van der Waals surface area contributed by atoms with Gasteiger partial charge in [-0.1, -0.05) is 34.6 Å². The van der Waals surface area contributed by atoms with Gasteiger partial charge in [0.25, 0.3) is 0 Å². The fourth-order valence-corrected chi connectivity index (χ4v) is 8.33. The summed E-state index contributed by atoms with van der Waals surface area (Å²) in [7, 11) is -3.59. The predicted molar refractivity (Wildman–Crippen MR) is 174 cm³/mol. The molecule has 2 saturated carbocycles. The van der Waals surface area contributed by atoms with E-state index in [4.69, 9.17) is 6.42 Å². The minimum atomic E-state index is -3.59. The summed E-state index contributed by atoms with van der Waals surface area (Å²) in [5.41, 5.74) is 0. The summed E-state index contributed by atoms with van der Waals surface area (Å²) in [4.78, 5) is 31.9. The monoisotopic (exact) mass is 640 g/mol. The van der Waals surface area contributed by atoms with Crippen LogP contribution in [-0.2, 0) is 19.6 Å². The minimum absolute atomic E-state index is 0.0210. The van der Waals surface area contributed by atoms with Crippen molar-refractivity contribution in [2.75, 3.05) is 31.9 Å². The molecule has 2 aliphatic carbocycles. The minimum Gasteiger partial charge on any atom is -0.393 e. The van der Waals surface area contributed by atoms with E-state index in [1.807, 2.05) is 39.5 Å². The third-order valence-electron chi connectivity index (χ3n) is 8.88. The van der Waals surface area contributed by atoms with Crippen molar-refractivity contribution in [2.45, 2.75) is 123 Å². The van der Waals surface area contributed by atoms with E-state index in [1.165, 1.54) is 5.01 Å². The molecule has 2 fully saturated rings. The van der Waals surface area contributed by atoms with Gasteiger partial charge >= 0.3 is 0 Å².